The number of nitrogen functional groups attached to an aromatic ring is 1. The molecule has 2 aromatic heterocycles. The second-order valence-electron chi connectivity index (χ2n) is 4.00. The number of aromatic nitrogens is 2. The molecule has 0 amide bonds. The quantitative estimate of drug-likeness (QED) is 0.724. The molecular weight excluding hydrogens is 246 g/mol. The minimum Gasteiger partial charge on any atom is -0.383 e. The predicted molar refractivity (Wildman–Crippen MR) is 74.4 cm³/mol. The van der Waals surface area contributed by atoms with Crippen molar-refractivity contribution in [2.45, 2.75) is 0 Å². The average Bonchev–Trinajstić information content (AvgIpc) is 2.39. The molecule has 3 rings (SSSR count). The molecule has 0 fully saturated rings. The lowest BCUT2D eigenvalue weighted by atomic mass is 10.1. The standard InChI is InChI=1S/C14H10ClN3/c15-11-3-1-9(2-4-11)12-7-10-8-17-6-5-13(10)18-14(12)16/h1-8H,(H2,16,18). The molecule has 1 aromatic carbocycles. The third-order valence-corrected chi connectivity index (χ3v) is 3.05. The van der Waals surface area contributed by atoms with Crippen molar-refractivity contribution in [3.8, 4) is 11.1 Å². The van der Waals surface area contributed by atoms with Gasteiger partial charge in [0.25, 0.3) is 0 Å². The molecule has 0 spiro atoms. The highest BCUT2D eigenvalue weighted by Gasteiger charge is 2.06. The minimum atomic E-state index is 0.510. The van der Waals surface area contributed by atoms with Crippen LogP contribution in [0.2, 0.25) is 5.02 Å². The molecule has 0 radical (unpaired) electrons. The molecule has 0 aliphatic carbocycles. The fraction of sp³-hybridized carbons (Fsp3) is 0. The first-order valence-corrected chi connectivity index (χ1v) is 5.88. The number of nitrogens with two attached hydrogens (primary N) is 1. The van der Waals surface area contributed by atoms with Gasteiger partial charge in [-0.15, -0.1) is 0 Å². The summed E-state index contributed by atoms with van der Waals surface area (Å²) in [4.78, 5) is 8.47. The van der Waals surface area contributed by atoms with E-state index in [9.17, 15) is 0 Å². The van der Waals surface area contributed by atoms with Crippen LogP contribution in [0, 0.1) is 0 Å². The van der Waals surface area contributed by atoms with E-state index in [1.807, 2.05) is 36.4 Å². The number of hydrogen-bond acceptors (Lipinski definition) is 3. The Morgan fingerprint density at radius 1 is 1.06 bits per heavy atom. The molecule has 4 heteroatoms. The molecule has 18 heavy (non-hydrogen) atoms. The average molecular weight is 256 g/mol. The third-order valence-electron chi connectivity index (χ3n) is 2.80. The first-order chi connectivity index (χ1) is 8.74. The van der Waals surface area contributed by atoms with Crippen molar-refractivity contribution in [3.63, 3.8) is 0 Å². The van der Waals surface area contributed by atoms with Gasteiger partial charge in [-0.25, -0.2) is 4.98 Å². The van der Waals surface area contributed by atoms with Crippen LogP contribution >= 0.6 is 11.6 Å². The van der Waals surface area contributed by atoms with Crippen LogP contribution in [0.3, 0.4) is 0 Å². The van der Waals surface area contributed by atoms with Crippen LogP contribution in [0.15, 0.2) is 48.8 Å². The molecule has 0 saturated carbocycles. The number of benzene rings is 1. The molecule has 2 N–H and O–H groups in total. The van der Waals surface area contributed by atoms with Crippen molar-refractivity contribution in [3.05, 3.63) is 53.8 Å². The van der Waals surface area contributed by atoms with Crippen LogP contribution in [0.25, 0.3) is 22.0 Å². The smallest absolute Gasteiger partial charge is 0.132 e. The van der Waals surface area contributed by atoms with E-state index in [1.165, 1.54) is 0 Å². The van der Waals surface area contributed by atoms with Gasteiger partial charge in [-0.2, -0.15) is 0 Å². The van der Waals surface area contributed by atoms with Crippen molar-refractivity contribution in [2.75, 3.05) is 5.73 Å². The summed E-state index contributed by atoms with van der Waals surface area (Å²) in [5.41, 5.74) is 8.73. The fourth-order valence-corrected chi connectivity index (χ4v) is 2.02. The van der Waals surface area contributed by atoms with Gasteiger partial charge >= 0.3 is 0 Å². The Morgan fingerprint density at radius 2 is 1.83 bits per heavy atom. The minimum absolute atomic E-state index is 0.510. The zero-order valence-corrected chi connectivity index (χ0v) is 10.2. The van der Waals surface area contributed by atoms with Gasteiger partial charge in [-0.1, -0.05) is 23.7 Å². The lowest BCUT2D eigenvalue weighted by Gasteiger charge is -2.07. The Morgan fingerprint density at radius 3 is 2.61 bits per heavy atom. The van der Waals surface area contributed by atoms with Gasteiger partial charge in [0.1, 0.15) is 5.82 Å². The van der Waals surface area contributed by atoms with Crippen molar-refractivity contribution >= 4 is 28.3 Å². The van der Waals surface area contributed by atoms with Gasteiger partial charge in [-0.3, -0.25) is 4.98 Å². The van der Waals surface area contributed by atoms with Crippen LogP contribution in [-0.4, -0.2) is 9.97 Å². The molecular formula is C14H10ClN3. The second-order valence-corrected chi connectivity index (χ2v) is 4.43. The third kappa shape index (κ3) is 1.89. The predicted octanol–water partition coefficient (Wildman–Crippen LogP) is 3.53. The van der Waals surface area contributed by atoms with Crippen LogP contribution < -0.4 is 5.73 Å². The summed E-state index contributed by atoms with van der Waals surface area (Å²) in [6.45, 7) is 0. The molecule has 0 bridgehead atoms. The summed E-state index contributed by atoms with van der Waals surface area (Å²) in [5.74, 6) is 0.510. The van der Waals surface area contributed by atoms with E-state index in [0.717, 1.165) is 22.0 Å². The SMILES string of the molecule is Nc1nc2ccncc2cc1-c1ccc(Cl)cc1. The van der Waals surface area contributed by atoms with Crippen molar-refractivity contribution in [1.29, 1.82) is 0 Å². The van der Waals surface area contributed by atoms with Gasteiger partial charge in [0.15, 0.2) is 0 Å². The van der Waals surface area contributed by atoms with Gasteiger partial charge in [0, 0.05) is 28.4 Å². The number of rotatable bonds is 1. The zero-order chi connectivity index (χ0) is 12.5. The molecule has 3 nitrogen and oxygen atoms in total. The lowest BCUT2D eigenvalue weighted by Crippen LogP contribution is -1.95. The first-order valence-electron chi connectivity index (χ1n) is 5.50. The van der Waals surface area contributed by atoms with E-state index in [4.69, 9.17) is 17.3 Å². The normalized spacial score (nSPS) is 10.7. The summed E-state index contributed by atoms with van der Waals surface area (Å²) in [5, 5.41) is 1.67. The maximum Gasteiger partial charge on any atom is 0.132 e. The molecule has 0 atom stereocenters. The molecule has 88 valence electrons. The largest absolute Gasteiger partial charge is 0.383 e. The molecule has 0 unspecified atom stereocenters. The monoisotopic (exact) mass is 255 g/mol. The first kappa shape index (κ1) is 11.0. The fourth-order valence-electron chi connectivity index (χ4n) is 1.89. The van der Waals surface area contributed by atoms with Crippen molar-refractivity contribution in [2.24, 2.45) is 0 Å². The van der Waals surface area contributed by atoms with Gasteiger partial charge < -0.3 is 5.73 Å². The molecule has 2 heterocycles. The van der Waals surface area contributed by atoms with Crippen molar-refractivity contribution < 1.29 is 0 Å². The van der Waals surface area contributed by atoms with E-state index in [1.54, 1.807) is 12.4 Å². The summed E-state index contributed by atoms with van der Waals surface area (Å²) < 4.78 is 0. The van der Waals surface area contributed by atoms with Gasteiger partial charge in [0.2, 0.25) is 0 Å². The molecule has 0 aliphatic heterocycles. The van der Waals surface area contributed by atoms with Crippen LogP contribution in [0.4, 0.5) is 5.82 Å². The number of hydrogen-bond donors (Lipinski definition) is 1. The Bertz CT molecular complexity index is 708. The van der Waals surface area contributed by atoms with Gasteiger partial charge in [0.05, 0.1) is 5.52 Å². The molecule has 0 aliphatic rings. The number of anilines is 1. The van der Waals surface area contributed by atoms with E-state index in [2.05, 4.69) is 9.97 Å². The van der Waals surface area contributed by atoms with E-state index in [0.29, 0.717) is 10.8 Å². The number of halogens is 1. The Kier molecular flexibility index (Phi) is 2.61. The highest BCUT2D eigenvalue weighted by atomic mass is 35.5. The summed E-state index contributed by atoms with van der Waals surface area (Å²) in [7, 11) is 0. The zero-order valence-electron chi connectivity index (χ0n) is 9.47. The van der Waals surface area contributed by atoms with Crippen LogP contribution in [0.5, 0.6) is 0 Å². The summed E-state index contributed by atoms with van der Waals surface area (Å²) in [6.07, 6.45) is 3.48. The summed E-state index contributed by atoms with van der Waals surface area (Å²) >= 11 is 5.88. The number of pyridine rings is 2. The van der Waals surface area contributed by atoms with E-state index < -0.39 is 0 Å². The second kappa shape index (κ2) is 4.27. The number of fused-ring (bicyclic) bond motifs is 1. The molecule has 0 saturated heterocycles. The van der Waals surface area contributed by atoms with Crippen LogP contribution in [-0.2, 0) is 0 Å². The number of nitrogens with zero attached hydrogens (tertiary/aromatic N) is 2. The molecule has 3 aromatic rings. The lowest BCUT2D eigenvalue weighted by molar-refractivity contribution is 1.33. The van der Waals surface area contributed by atoms with E-state index in [-0.39, 0.29) is 0 Å². The topological polar surface area (TPSA) is 51.8 Å². The van der Waals surface area contributed by atoms with Crippen LogP contribution in [0.1, 0.15) is 0 Å². The highest BCUT2D eigenvalue weighted by Crippen LogP contribution is 2.28. The maximum atomic E-state index is 5.99. The maximum absolute atomic E-state index is 5.99. The Labute approximate surface area is 109 Å². The highest BCUT2D eigenvalue weighted by molar-refractivity contribution is 6.30. The van der Waals surface area contributed by atoms with E-state index >= 15 is 0 Å². The van der Waals surface area contributed by atoms with Gasteiger partial charge in [-0.05, 0) is 29.8 Å². The Balaban J connectivity index is 2.22. The Hall–Kier alpha value is -2.13. The summed E-state index contributed by atoms with van der Waals surface area (Å²) in [6, 6.07) is 11.4. The van der Waals surface area contributed by atoms with Crippen molar-refractivity contribution in [1.82, 2.24) is 9.97 Å².